The number of hydrogen-bond acceptors (Lipinski definition) is 6. The molecule has 2 aromatic rings. The smallest absolute Gasteiger partial charge is 0.338 e. The highest BCUT2D eigenvalue weighted by atomic mass is 16.5. The summed E-state index contributed by atoms with van der Waals surface area (Å²) in [5.41, 5.74) is 1.01. The average Bonchev–Trinajstić information content (AvgIpc) is 2.74. The lowest BCUT2D eigenvalue weighted by atomic mass is 10.1. The van der Waals surface area contributed by atoms with Crippen molar-refractivity contribution in [3.63, 3.8) is 0 Å². The molecule has 0 unspecified atom stereocenters. The van der Waals surface area contributed by atoms with E-state index in [1.807, 2.05) is 0 Å². The van der Waals surface area contributed by atoms with Gasteiger partial charge >= 0.3 is 11.9 Å². The van der Waals surface area contributed by atoms with Crippen LogP contribution in [-0.4, -0.2) is 38.0 Å². The third-order valence-electron chi connectivity index (χ3n) is 4.07. The fraction of sp³-hybridized carbons (Fsp3) is 0.318. The normalized spacial score (nSPS) is 10.2. The van der Waals surface area contributed by atoms with Crippen LogP contribution in [0.3, 0.4) is 0 Å². The summed E-state index contributed by atoms with van der Waals surface area (Å²) in [5.74, 6) is -0.735. The minimum atomic E-state index is -0.638. The lowest BCUT2D eigenvalue weighted by Crippen LogP contribution is -2.14. The standard InChI is InChI=1S/C22H24O6/c1-3-4-5-14-27-19-12-10-16(11-13-19)20(23)15-28-22(25)18-8-6-17(7-9-18)21(24)26-2/h6-13H,3-5,14-15H2,1-2H3. The molecule has 0 amide bonds. The van der Waals surface area contributed by atoms with Crippen molar-refractivity contribution in [1.82, 2.24) is 0 Å². The van der Waals surface area contributed by atoms with Gasteiger partial charge in [-0.05, 0) is 55.0 Å². The molecule has 0 aliphatic rings. The van der Waals surface area contributed by atoms with Crippen LogP contribution in [0.2, 0.25) is 0 Å². The Kier molecular flexibility index (Phi) is 8.21. The molecule has 2 rings (SSSR count). The van der Waals surface area contributed by atoms with Crippen LogP contribution in [-0.2, 0) is 9.47 Å². The molecule has 0 saturated heterocycles. The van der Waals surface area contributed by atoms with Crippen molar-refractivity contribution in [2.45, 2.75) is 26.2 Å². The van der Waals surface area contributed by atoms with Crippen LogP contribution in [0, 0.1) is 0 Å². The van der Waals surface area contributed by atoms with Gasteiger partial charge in [0.2, 0.25) is 0 Å². The van der Waals surface area contributed by atoms with Crippen LogP contribution in [0.25, 0.3) is 0 Å². The molecule has 0 saturated carbocycles. The topological polar surface area (TPSA) is 78.9 Å². The van der Waals surface area contributed by atoms with Crippen LogP contribution in [0.4, 0.5) is 0 Å². The Hall–Kier alpha value is -3.15. The maximum atomic E-state index is 12.2. The molecule has 0 bridgehead atoms. The van der Waals surface area contributed by atoms with E-state index < -0.39 is 11.9 Å². The Labute approximate surface area is 164 Å². The van der Waals surface area contributed by atoms with Crippen molar-refractivity contribution < 1.29 is 28.6 Å². The maximum Gasteiger partial charge on any atom is 0.338 e. The lowest BCUT2D eigenvalue weighted by Gasteiger charge is -2.07. The first-order valence-corrected chi connectivity index (χ1v) is 9.16. The number of unbranched alkanes of at least 4 members (excludes halogenated alkanes) is 2. The van der Waals surface area contributed by atoms with E-state index in [9.17, 15) is 14.4 Å². The largest absolute Gasteiger partial charge is 0.494 e. The molecular weight excluding hydrogens is 360 g/mol. The van der Waals surface area contributed by atoms with Gasteiger partial charge in [0, 0.05) is 5.56 Å². The molecule has 6 nitrogen and oxygen atoms in total. The fourth-order valence-corrected chi connectivity index (χ4v) is 2.44. The molecule has 0 radical (unpaired) electrons. The van der Waals surface area contributed by atoms with Gasteiger partial charge in [0.1, 0.15) is 5.75 Å². The van der Waals surface area contributed by atoms with E-state index >= 15 is 0 Å². The van der Waals surface area contributed by atoms with Gasteiger partial charge in [-0.2, -0.15) is 0 Å². The average molecular weight is 384 g/mol. The summed E-state index contributed by atoms with van der Waals surface area (Å²) in [6.07, 6.45) is 3.24. The number of carbonyl (C=O) groups excluding carboxylic acids is 3. The quantitative estimate of drug-likeness (QED) is 0.349. The molecule has 0 spiro atoms. The third-order valence-corrected chi connectivity index (χ3v) is 4.07. The van der Waals surface area contributed by atoms with Crippen molar-refractivity contribution in [3.05, 3.63) is 65.2 Å². The molecule has 0 fully saturated rings. The SMILES string of the molecule is CCCCCOc1ccc(C(=O)COC(=O)c2ccc(C(=O)OC)cc2)cc1. The number of benzene rings is 2. The Balaban J connectivity index is 1.84. The molecule has 2 aromatic carbocycles. The van der Waals surface area contributed by atoms with Crippen LogP contribution in [0.15, 0.2) is 48.5 Å². The number of methoxy groups -OCH3 is 1. The molecule has 0 aliphatic carbocycles. The summed E-state index contributed by atoms with van der Waals surface area (Å²) in [7, 11) is 1.28. The zero-order valence-corrected chi connectivity index (χ0v) is 16.1. The highest BCUT2D eigenvalue weighted by Crippen LogP contribution is 2.14. The third kappa shape index (κ3) is 6.23. The van der Waals surface area contributed by atoms with Crippen molar-refractivity contribution in [2.24, 2.45) is 0 Å². The predicted octanol–water partition coefficient (Wildman–Crippen LogP) is 4.08. The monoisotopic (exact) mass is 384 g/mol. The molecule has 0 N–H and O–H groups in total. The molecule has 28 heavy (non-hydrogen) atoms. The number of ether oxygens (including phenoxy) is 3. The first kappa shape index (κ1) is 21.2. The van der Waals surface area contributed by atoms with Gasteiger partial charge in [-0.15, -0.1) is 0 Å². The minimum Gasteiger partial charge on any atom is -0.494 e. The summed E-state index contributed by atoms with van der Waals surface area (Å²) in [6.45, 7) is 2.41. The van der Waals surface area contributed by atoms with Crippen LogP contribution < -0.4 is 4.74 Å². The number of esters is 2. The second-order valence-electron chi connectivity index (χ2n) is 6.15. The number of Topliss-reactive ketones (excluding diaryl/α,β-unsaturated/α-hetero) is 1. The predicted molar refractivity (Wildman–Crippen MR) is 104 cm³/mol. The lowest BCUT2D eigenvalue weighted by molar-refractivity contribution is 0.0474. The maximum absolute atomic E-state index is 12.2. The molecule has 0 aliphatic heterocycles. The number of carbonyl (C=O) groups is 3. The van der Waals surface area contributed by atoms with Gasteiger partial charge in [-0.3, -0.25) is 4.79 Å². The summed E-state index contributed by atoms with van der Waals surface area (Å²) >= 11 is 0. The number of ketones is 1. The van der Waals surface area contributed by atoms with Gasteiger partial charge in [-0.1, -0.05) is 19.8 Å². The highest BCUT2D eigenvalue weighted by molar-refractivity contribution is 5.99. The summed E-state index contributed by atoms with van der Waals surface area (Å²) < 4.78 is 15.3. The second-order valence-corrected chi connectivity index (χ2v) is 6.15. The van der Waals surface area contributed by atoms with E-state index in [1.54, 1.807) is 24.3 Å². The van der Waals surface area contributed by atoms with Gasteiger partial charge in [-0.25, -0.2) is 9.59 Å². The van der Waals surface area contributed by atoms with E-state index in [4.69, 9.17) is 9.47 Å². The summed E-state index contributed by atoms with van der Waals surface area (Å²) in [4.78, 5) is 35.6. The van der Waals surface area contributed by atoms with Crippen molar-refractivity contribution in [3.8, 4) is 5.75 Å². The Bertz CT molecular complexity index is 793. The fourth-order valence-electron chi connectivity index (χ4n) is 2.44. The molecule has 0 atom stereocenters. The first-order valence-electron chi connectivity index (χ1n) is 9.16. The Morgan fingerprint density at radius 2 is 1.36 bits per heavy atom. The van der Waals surface area contributed by atoms with Crippen LogP contribution in [0.1, 0.15) is 57.3 Å². The molecule has 0 heterocycles. The van der Waals surface area contributed by atoms with Crippen molar-refractivity contribution in [2.75, 3.05) is 20.3 Å². The van der Waals surface area contributed by atoms with E-state index in [0.29, 0.717) is 23.5 Å². The highest BCUT2D eigenvalue weighted by Gasteiger charge is 2.13. The van der Waals surface area contributed by atoms with Crippen molar-refractivity contribution >= 4 is 17.7 Å². The van der Waals surface area contributed by atoms with Crippen LogP contribution >= 0.6 is 0 Å². The molecule has 148 valence electrons. The number of rotatable bonds is 10. The molecule has 6 heteroatoms. The Morgan fingerprint density at radius 3 is 1.93 bits per heavy atom. The summed E-state index contributed by atoms with van der Waals surface area (Å²) in [6, 6.07) is 12.6. The van der Waals surface area contributed by atoms with E-state index in [2.05, 4.69) is 11.7 Å². The second kappa shape index (κ2) is 10.9. The van der Waals surface area contributed by atoms with E-state index in [0.717, 1.165) is 19.3 Å². The van der Waals surface area contributed by atoms with Crippen molar-refractivity contribution in [1.29, 1.82) is 0 Å². The molecule has 0 aromatic heterocycles. The van der Waals surface area contributed by atoms with Gasteiger partial charge in [0.15, 0.2) is 12.4 Å². The van der Waals surface area contributed by atoms with Gasteiger partial charge < -0.3 is 14.2 Å². The Morgan fingerprint density at radius 1 is 0.786 bits per heavy atom. The summed E-state index contributed by atoms with van der Waals surface area (Å²) in [5, 5.41) is 0. The zero-order chi connectivity index (χ0) is 20.4. The van der Waals surface area contributed by atoms with E-state index in [-0.39, 0.29) is 18.0 Å². The van der Waals surface area contributed by atoms with Crippen LogP contribution in [0.5, 0.6) is 5.75 Å². The van der Waals surface area contributed by atoms with Gasteiger partial charge in [0.25, 0.3) is 0 Å². The number of hydrogen-bond donors (Lipinski definition) is 0. The minimum absolute atomic E-state index is 0.247. The zero-order valence-electron chi connectivity index (χ0n) is 16.1. The van der Waals surface area contributed by atoms with E-state index in [1.165, 1.54) is 31.4 Å². The van der Waals surface area contributed by atoms with Gasteiger partial charge in [0.05, 0.1) is 24.8 Å². The first-order chi connectivity index (χ1) is 13.5. The molecular formula is C22H24O6.